The van der Waals surface area contributed by atoms with E-state index in [9.17, 15) is 0 Å². The van der Waals surface area contributed by atoms with E-state index in [0.29, 0.717) is 5.02 Å². The van der Waals surface area contributed by atoms with Crippen LogP contribution in [0.25, 0.3) is 49.4 Å². The predicted octanol–water partition coefficient (Wildman–Crippen LogP) is 9.08. The van der Waals surface area contributed by atoms with Crippen molar-refractivity contribution >= 4 is 66.7 Å². The van der Waals surface area contributed by atoms with Gasteiger partial charge in [0.25, 0.3) is 0 Å². The lowest BCUT2D eigenvalue weighted by molar-refractivity contribution is 0.673. The fourth-order valence-electron chi connectivity index (χ4n) is 4.93. The molecular weight excluding hydrogens is 440 g/mol. The standard InChI is InChI=1S/C30H19ClN2O/c31-24-11-5-6-12-25(24)32-19-14-15-23-27(18-19)33(20-8-2-1-3-9-20)26-17-16-22-21-10-4-7-13-28(21)34-30(22)29(23)26/h1-18,32H. The van der Waals surface area contributed by atoms with Crippen molar-refractivity contribution in [2.45, 2.75) is 0 Å². The summed E-state index contributed by atoms with van der Waals surface area (Å²) >= 11 is 6.41. The van der Waals surface area contributed by atoms with Crippen molar-refractivity contribution in [3.05, 3.63) is 114 Å². The highest BCUT2D eigenvalue weighted by Crippen LogP contribution is 2.41. The van der Waals surface area contributed by atoms with Crippen LogP contribution >= 0.6 is 11.6 Å². The van der Waals surface area contributed by atoms with Gasteiger partial charge in [-0.1, -0.05) is 60.1 Å². The normalized spacial score (nSPS) is 11.7. The largest absolute Gasteiger partial charge is 0.455 e. The number of nitrogens with one attached hydrogen (secondary N) is 1. The van der Waals surface area contributed by atoms with Gasteiger partial charge in [0.15, 0.2) is 0 Å². The molecule has 2 aromatic heterocycles. The summed E-state index contributed by atoms with van der Waals surface area (Å²) in [7, 11) is 0. The van der Waals surface area contributed by atoms with Crippen LogP contribution in [0.5, 0.6) is 0 Å². The van der Waals surface area contributed by atoms with Gasteiger partial charge in [-0.05, 0) is 60.7 Å². The number of nitrogens with zero attached hydrogens (tertiary/aromatic N) is 1. The van der Waals surface area contributed by atoms with Crippen LogP contribution in [-0.4, -0.2) is 4.57 Å². The van der Waals surface area contributed by atoms with Crippen LogP contribution in [0.4, 0.5) is 11.4 Å². The van der Waals surface area contributed by atoms with Gasteiger partial charge in [-0.3, -0.25) is 0 Å². The molecule has 0 saturated carbocycles. The average molecular weight is 459 g/mol. The molecule has 162 valence electrons. The summed E-state index contributed by atoms with van der Waals surface area (Å²) in [6, 6.07) is 37.3. The molecule has 0 amide bonds. The summed E-state index contributed by atoms with van der Waals surface area (Å²) in [5.41, 5.74) is 7.00. The number of hydrogen-bond donors (Lipinski definition) is 1. The van der Waals surface area contributed by atoms with E-state index in [-0.39, 0.29) is 0 Å². The number of fused-ring (bicyclic) bond motifs is 7. The van der Waals surface area contributed by atoms with E-state index >= 15 is 0 Å². The fourth-order valence-corrected chi connectivity index (χ4v) is 5.12. The Balaban J connectivity index is 1.56. The van der Waals surface area contributed by atoms with Gasteiger partial charge >= 0.3 is 0 Å². The highest BCUT2D eigenvalue weighted by molar-refractivity contribution is 6.33. The first-order valence-electron chi connectivity index (χ1n) is 11.2. The second-order valence-electron chi connectivity index (χ2n) is 8.44. The zero-order valence-corrected chi connectivity index (χ0v) is 18.9. The molecule has 0 aliphatic heterocycles. The molecule has 0 bridgehead atoms. The molecule has 3 nitrogen and oxygen atoms in total. The first-order chi connectivity index (χ1) is 16.8. The molecule has 2 heterocycles. The SMILES string of the molecule is Clc1ccccc1Nc1ccc2c3c4oc5ccccc5c4ccc3n(-c3ccccc3)c2c1. The number of aromatic nitrogens is 1. The Morgan fingerprint density at radius 2 is 1.41 bits per heavy atom. The molecule has 0 aliphatic carbocycles. The molecule has 1 N–H and O–H groups in total. The number of benzene rings is 5. The van der Waals surface area contributed by atoms with Gasteiger partial charge in [0.2, 0.25) is 0 Å². The quantitative estimate of drug-likeness (QED) is 0.286. The van der Waals surface area contributed by atoms with E-state index in [1.165, 1.54) is 0 Å². The van der Waals surface area contributed by atoms with Gasteiger partial charge in [0.1, 0.15) is 11.2 Å². The summed E-state index contributed by atoms with van der Waals surface area (Å²) in [6.45, 7) is 0. The molecular formula is C30H19ClN2O. The van der Waals surface area contributed by atoms with Crippen molar-refractivity contribution < 1.29 is 4.42 Å². The van der Waals surface area contributed by atoms with Gasteiger partial charge in [-0.25, -0.2) is 0 Å². The lowest BCUT2D eigenvalue weighted by atomic mass is 10.1. The molecule has 34 heavy (non-hydrogen) atoms. The average Bonchev–Trinajstić information content (AvgIpc) is 3.41. The van der Waals surface area contributed by atoms with Crippen molar-refractivity contribution in [2.24, 2.45) is 0 Å². The van der Waals surface area contributed by atoms with Crippen LogP contribution in [0, 0.1) is 0 Å². The number of para-hydroxylation sites is 3. The van der Waals surface area contributed by atoms with Crippen LogP contribution in [-0.2, 0) is 0 Å². The second kappa shape index (κ2) is 7.41. The van der Waals surface area contributed by atoms with Gasteiger partial charge in [0, 0.05) is 27.5 Å². The van der Waals surface area contributed by atoms with Crippen LogP contribution in [0.1, 0.15) is 0 Å². The molecule has 0 radical (unpaired) electrons. The first-order valence-corrected chi connectivity index (χ1v) is 11.6. The maximum atomic E-state index is 6.42. The fraction of sp³-hybridized carbons (Fsp3) is 0. The molecule has 7 aromatic rings. The minimum atomic E-state index is 0.690. The third-order valence-corrected chi connectivity index (χ3v) is 6.77. The number of furan rings is 1. The van der Waals surface area contributed by atoms with Crippen LogP contribution in [0.2, 0.25) is 5.02 Å². The Kier molecular flexibility index (Phi) is 4.20. The van der Waals surface area contributed by atoms with Crippen molar-refractivity contribution in [3.8, 4) is 5.69 Å². The number of halogens is 1. The monoisotopic (exact) mass is 458 g/mol. The summed E-state index contributed by atoms with van der Waals surface area (Å²) in [5, 5.41) is 8.70. The summed E-state index contributed by atoms with van der Waals surface area (Å²) in [4.78, 5) is 0. The van der Waals surface area contributed by atoms with Crippen LogP contribution in [0.15, 0.2) is 114 Å². The van der Waals surface area contributed by atoms with Gasteiger partial charge in [0.05, 0.1) is 27.1 Å². The van der Waals surface area contributed by atoms with E-state index in [1.54, 1.807) is 0 Å². The minimum Gasteiger partial charge on any atom is -0.455 e. The molecule has 0 fully saturated rings. The number of rotatable bonds is 3. The Morgan fingerprint density at radius 1 is 0.647 bits per heavy atom. The highest BCUT2D eigenvalue weighted by atomic mass is 35.5. The van der Waals surface area contributed by atoms with Crippen molar-refractivity contribution in [1.29, 1.82) is 0 Å². The maximum Gasteiger partial charge on any atom is 0.145 e. The third kappa shape index (κ3) is 2.84. The van der Waals surface area contributed by atoms with E-state index in [1.807, 2.05) is 42.5 Å². The Labute approximate surface area is 200 Å². The smallest absolute Gasteiger partial charge is 0.145 e. The molecule has 0 unspecified atom stereocenters. The predicted molar refractivity (Wildman–Crippen MR) is 143 cm³/mol. The van der Waals surface area contributed by atoms with E-state index in [4.69, 9.17) is 16.0 Å². The second-order valence-corrected chi connectivity index (χ2v) is 8.85. The van der Waals surface area contributed by atoms with E-state index < -0.39 is 0 Å². The van der Waals surface area contributed by atoms with Gasteiger partial charge < -0.3 is 14.3 Å². The van der Waals surface area contributed by atoms with E-state index in [2.05, 4.69) is 76.6 Å². The number of anilines is 2. The molecule has 7 rings (SSSR count). The van der Waals surface area contributed by atoms with Crippen molar-refractivity contribution in [3.63, 3.8) is 0 Å². The number of hydrogen-bond acceptors (Lipinski definition) is 2. The Hall–Kier alpha value is -4.21. The molecule has 0 aliphatic rings. The van der Waals surface area contributed by atoms with Gasteiger partial charge in [-0.15, -0.1) is 0 Å². The first kappa shape index (κ1) is 19.3. The highest BCUT2D eigenvalue weighted by Gasteiger charge is 2.19. The summed E-state index contributed by atoms with van der Waals surface area (Å²) in [6.07, 6.45) is 0. The molecule has 0 saturated heterocycles. The molecule has 4 heteroatoms. The van der Waals surface area contributed by atoms with Crippen LogP contribution in [0.3, 0.4) is 0 Å². The van der Waals surface area contributed by atoms with Gasteiger partial charge in [-0.2, -0.15) is 0 Å². The molecule has 5 aromatic carbocycles. The maximum absolute atomic E-state index is 6.42. The summed E-state index contributed by atoms with van der Waals surface area (Å²) in [5.74, 6) is 0. The minimum absolute atomic E-state index is 0.690. The lowest BCUT2D eigenvalue weighted by Gasteiger charge is -2.11. The molecule has 0 spiro atoms. The van der Waals surface area contributed by atoms with Crippen LogP contribution < -0.4 is 5.32 Å². The lowest BCUT2D eigenvalue weighted by Crippen LogP contribution is -1.95. The van der Waals surface area contributed by atoms with Crippen molar-refractivity contribution in [2.75, 3.05) is 5.32 Å². The Bertz CT molecular complexity index is 1850. The zero-order chi connectivity index (χ0) is 22.6. The Morgan fingerprint density at radius 3 is 2.29 bits per heavy atom. The molecule has 0 atom stereocenters. The van der Waals surface area contributed by atoms with E-state index in [0.717, 1.165) is 60.8 Å². The topological polar surface area (TPSA) is 30.1 Å². The third-order valence-electron chi connectivity index (χ3n) is 6.44. The zero-order valence-electron chi connectivity index (χ0n) is 18.1. The summed E-state index contributed by atoms with van der Waals surface area (Å²) < 4.78 is 8.72. The van der Waals surface area contributed by atoms with Crippen molar-refractivity contribution in [1.82, 2.24) is 4.57 Å².